The van der Waals surface area contributed by atoms with E-state index < -0.39 is 9.84 Å². The average Bonchev–Trinajstić information content (AvgIpc) is 2.56. The molecule has 0 aliphatic heterocycles. The van der Waals surface area contributed by atoms with Crippen molar-refractivity contribution in [2.24, 2.45) is 5.73 Å². The first-order chi connectivity index (χ1) is 7.35. The molecule has 0 aliphatic carbocycles. The van der Waals surface area contributed by atoms with Crippen molar-refractivity contribution in [2.45, 2.75) is 32.9 Å². The van der Waals surface area contributed by atoms with Crippen LogP contribution in [0.1, 0.15) is 31.0 Å². The molecule has 1 heterocycles. The van der Waals surface area contributed by atoms with Gasteiger partial charge in [-0.1, -0.05) is 13.8 Å². The largest absolute Gasteiger partial charge is 0.326 e. The van der Waals surface area contributed by atoms with Crippen LogP contribution >= 0.6 is 0 Å². The van der Waals surface area contributed by atoms with Crippen molar-refractivity contribution >= 4 is 9.84 Å². The van der Waals surface area contributed by atoms with Gasteiger partial charge in [-0.2, -0.15) is 5.10 Å². The van der Waals surface area contributed by atoms with E-state index in [0.29, 0.717) is 19.0 Å². The van der Waals surface area contributed by atoms with Gasteiger partial charge in [0.05, 0.1) is 18.5 Å². The minimum Gasteiger partial charge on any atom is -0.326 e. The Labute approximate surface area is 96.6 Å². The van der Waals surface area contributed by atoms with E-state index in [2.05, 4.69) is 5.10 Å². The highest BCUT2D eigenvalue weighted by atomic mass is 32.2. The Morgan fingerprint density at radius 1 is 1.50 bits per heavy atom. The van der Waals surface area contributed by atoms with Gasteiger partial charge in [0, 0.05) is 24.1 Å². The summed E-state index contributed by atoms with van der Waals surface area (Å²) in [5, 5.41) is 4.18. The predicted octanol–water partition coefficient (Wildman–Crippen LogP) is 0.510. The van der Waals surface area contributed by atoms with Crippen LogP contribution in [0.2, 0.25) is 0 Å². The van der Waals surface area contributed by atoms with Gasteiger partial charge >= 0.3 is 0 Å². The minimum atomic E-state index is -2.95. The third kappa shape index (κ3) is 3.31. The molecule has 0 radical (unpaired) electrons. The highest BCUT2D eigenvalue weighted by molar-refractivity contribution is 7.90. The molecule has 6 heteroatoms. The summed E-state index contributed by atoms with van der Waals surface area (Å²) in [5.74, 6) is 0.402. The van der Waals surface area contributed by atoms with Crippen LogP contribution in [0.5, 0.6) is 0 Å². The Balaban J connectivity index is 2.92. The highest BCUT2D eigenvalue weighted by Crippen LogP contribution is 2.18. The standard InChI is InChI=1S/C10H19N3O2S/c1-8(2)10-9(6-11)7-12-13(10)4-5-16(3,14)15/h7-8H,4-6,11H2,1-3H3. The summed E-state index contributed by atoms with van der Waals surface area (Å²) < 4.78 is 23.9. The van der Waals surface area contributed by atoms with Gasteiger partial charge in [0.2, 0.25) is 0 Å². The van der Waals surface area contributed by atoms with Crippen molar-refractivity contribution in [2.75, 3.05) is 12.0 Å². The fourth-order valence-electron chi connectivity index (χ4n) is 1.69. The van der Waals surface area contributed by atoms with Crippen LogP contribution in [-0.2, 0) is 22.9 Å². The fourth-order valence-corrected chi connectivity index (χ4v) is 2.19. The summed E-state index contributed by atoms with van der Waals surface area (Å²) >= 11 is 0. The zero-order chi connectivity index (χ0) is 12.3. The first-order valence-corrected chi connectivity index (χ1v) is 7.33. The van der Waals surface area contributed by atoms with Crippen molar-refractivity contribution in [3.05, 3.63) is 17.5 Å². The number of nitrogens with two attached hydrogens (primary N) is 1. The van der Waals surface area contributed by atoms with Crippen LogP contribution in [0.3, 0.4) is 0 Å². The number of nitrogens with zero attached hydrogens (tertiary/aromatic N) is 2. The maximum Gasteiger partial charge on any atom is 0.149 e. The smallest absolute Gasteiger partial charge is 0.149 e. The lowest BCUT2D eigenvalue weighted by atomic mass is 10.1. The van der Waals surface area contributed by atoms with Gasteiger partial charge in [0.1, 0.15) is 9.84 Å². The number of rotatable bonds is 5. The second-order valence-electron chi connectivity index (χ2n) is 4.27. The zero-order valence-electron chi connectivity index (χ0n) is 9.97. The van der Waals surface area contributed by atoms with Crippen LogP contribution in [-0.4, -0.2) is 30.2 Å². The Hall–Kier alpha value is -0.880. The summed E-state index contributed by atoms with van der Waals surface area (Å²) in [5.41, 5.74) is 7.63. The molecule has 1 aromatic rings. The SMILES string of the molecule is CC(C)c1c(CN)cnn1CCS(C)(=O)=O. The van der Waals surface area contributed by atoms with E-state index in [1.54, 1.807) is 10.9 Å². The van der Waals surface area contributed by atoms with Gasteiger partial charge in [-0.05, 0) is 5.92 Å². The van der Waals surface area contributed by atoms with Gasteiger partial charge in [-0.15, -0.1) is 0 Å². The molecular weight excluding hydrogens is 226 g/mol. The molecule has 0 aliphatic rings. The molecule has 0 atom stereocenters. The van der Waals surface area contributed by atoms with Crippen molar-refractivity contribution < 1.29 is 8.42 Å². The van der Waals surface area contributed by atoms with Crippen molar-refractivity contribution in [1.82, 2.24) is 9.78 Å². The normalized spacial score (nSPS) is 12.3. The molecule has 0 spiro atoms. The van der Waals surface area contributed by atoms with Crippen LogP contribution in [0.15, 0.2) is 6.20 Å². The summed E-state index contributed by atoms with van der Waals surface area (Å²) in [4.78, 5) is 0. The van der Waals surface area contributed by atoms with Crippen molar-refractivity contribution in [3.8, 4) is 0 Å². The Morgan fingerprint density at radius 3 is 2.56 bits per heavy atom. The zero-order valence-corrected chi connectivity index (χ0v) is 10.8. The molecule has 0 bridgehead atoms. The van der Waals surface area contributed by atoms with Crippen LogP contribution in [0.4, 0.5) is 0 Å². The molecule has 1 aromatic heterocycles. The Kier molecular flexibility index (Phi) is 4.09. The Morgan fingerprint density at radius 2 is 2.12 bits per heavy atom. The average molecular weight is 245 g/mol. The quantitative estimate of drug-likeness (QED) is 0.820. The lowest BCUT2D eigenvalue weighted by molar-refractivity contribution is 0.568. The van der Waals surface area contributed by atoms with E-state index in [1.807, 2.05) is 13.8 Å². The number of aryl methyl sites for hydroxylation is 1. The second kappa shape index (κ2) is 4.97. The van der Waals surface area contributed by atoms with Crippen LogP contribution < -0.4 is 5.73 Å². The molecule has 0 unspecified atom stereocenters. The van der Waals surface area contributed by atoms with Gasteiger partial charge in [-0.3, -0.25) is 4.68 Å². The maximum absolute atomic E-state index is 11.1. The lowest BCUT2D eigenvalue weighted by Gasteiger charge is -2.11. The molecule has 92 valence electrons. The molecule has 16 heavy (non-hydrogen) atoms. The van der Waals surface area contributed by atoms with Crippen LogP contribution in [0.25, 0.3) is 0 Å². The third-order valence-electron chi connectivity index (χ3n) is 2.40. The van der Waals surface area contributed by atoms with Gasteiger partial charge in [-0.25, -0.2) is 8.42 Å². The van der Waals surface area contributed by atoms with E-state index in [0.717, 1.165) is 11.3 Å². The molecule has 0 saturated heterocycles. The first-order valence-electron chi connectivity index (χ1n) is 5.27. The summed E-state index contributed by atoms with van der Waals surface area (Å²) in [6.45, 7) is 4.93. The molecule has 2 N–H and O–H groups in total. The second-order valence-corrected chi connectivity index (χ2v) is 6.53. The monoisotopic (exact) mass is 245 g/mol. The van der Waals surface area contributed by atoms with E-state index in [4.69, 9.17) is 5.73 Å². The third-order valence-corrected chi connectivity index (χ3v) is 3.32. The van der Waals surface area contributed by atoms with E-state index in [1.165, 1.54) is 6.26 Å². The van der Waals surface area contributed by atoms with E-state index in [9.17, 15) is 8.42 Å². The minimum absolute atomic E-state index is 0.110. The number of aromatic nitrogens is 2. The van der Waals surface area contributed by atoms with Crippen molar-refractivity contribution in [1.29, 1.82) is 0 Å². The van der Waals surface area contributed by atoms with Crippen LogP contribution in [0, 0.1) is 0 Å². The van der Waals surface area contributed by atoms with Gasteiger partial charge in [0.25, 0.3) is 0 Å². The predicted molar refractivity (Wildman–Crippen MR) is 63.9 cm³/mol. The summed E-state index contributed by atoms with van der Waals surface area (Å²) in [7, 11) is -2.95. The van der Waals surface area contributed by atoms with Gasteiger partial charge in [0.15, 0.2) is 0 Å². The summed E-state index contributed by atoms with van der Waals surface area (Å²) in [6.07, 6.45) is 2.95. The first kappa shape index (κ1) is 13.2. The molecule has 0 fully saturated rings. The summed E-state index contributed by atoms with van der Waals surface area (Å²) in [6, 6.07) is 0. The topological polar surface area (TPSA) is 78.0 Å². The number of hydrogen-bond donors (Lipinski definition) is 1. The molecule has 5 nitrogen and oxygen atoms in total. The molecule has 0 aromatic carbocycles. The maximum atomic E-state index is 11.1. The molecule has 1 rings (SSSR count). The molecular formula is C10H19N3O2S. The van der Waals surface area contributed by atoms with Gasteiger partial charge < -0.3 is 5.73 Å². The lowest BCUT2D eigenvalue weighted by Crippen LogP contribution is -2.15. The fraction of sp³-hybridized carbons (Fsp3) is 0.700. The highest BCUT2D eigenvalue weighted by Gasteiger charge is 2.14. The molecule has 0 amide bonds. The number of sulfone groups is 1. The number of hydrogen-bond acceptors (Lipinski definition) is 4. The Bertz CT molecular complexity index is 449. The van der Waals surface area contributed by atoms with E-state index in [-0.39, 0.29) is 5.75 Å². The van der Waals surface area contributed by atoms with Crippen molar-refractivity contribution in [3.63, 3.8) is 0 Å². The van der Waals surface area contributed by atoms with E-state index >= 15 is 0 Å². The molecule has 0 saturated carbocycles.